The first-order valence-electron chi connectivity index (χ1n) is 6.07. The molecule has 5 nitrogen and oxygen atoms in total. The van der Waals surface area contributed by atoms with Gasteiger partial charge in [0.1, 0.15) is 0 Å². The fourth-order valence-corrected chi connectivity index (χ4v) is 2.37. The molecule has 2 aromatic rings. The van der Waals surface area contributed by atoms with Gasteiger partial charge in [0.25, 0.3) is 0 Å². The van der Waals surface area contributed by atoms with Crippen LogP contribution in [0.15, 0.2) is 24.3 Å². The smallest absolute Gasteiger partial charge is 0.175 e. The van der Waals surface area contributed by atoms with E-state index in [1.807, 2.05) is 24.3 Å². The van der Waals surface area contributed by atoms with Crippen molar-refractivity contribution >= 4 is 11.6 Å². The molecule has 3 rings (SSSR count). The second-order valence-corrected chi connectivity index (χ2v) is 4.97. The summed E-state index contributed by atoms with van der Waals surface area (Å²) in [6.45, 7) is 2.14. The van der Waals surface area contributed by atoms with Crippen LogP contribution >= 0.6 is 11.6 Å². The van der Waals surface area contributed by atoms with Crippen molar-refractivity contribution in [1.82, 2.24) is 25.5 Å². The minimum absolute atomic E-state index is 0.627. The van der Waals surface area contributed by atoms with Crippen LogP contribution in [0.5, 0.6) is 0 Å². The monoisotopic (exact) mass is 263 g/mol. The highest BCUT2D eigenvalue weighted by Crippen LogP contribution is 2.15. The molecule has 0 bridgehead atoms. The highest BCUT2D eigenvalue weighted by molar-refractivity contribution is 6.30. The molecule has 6 heteroatoms. The van der Waals surface area contributed by atoms with Gasteiger partial charge in [0.15, 0.2) is 5.82 Å². The Morgan fingerprint density at radius 1 is 1.44 bits per heavy atom. The lowest BCUT2D eigenvalue weighted by Crippen LogP contribution is -2.11. The van der Waals surface area contributed by atoms with Crippen LogP contribution in [0.4, 0.5) is 0 Å². The summed E-state index contributed by atoms with van der Waals surface area (Å²) in [6.07, 6.45) is 2.07. The SMILES string of the molecule is Clc1cccc(-n2nnc(CC3CCNC3)n2)c1. The van der Waals surface area contributed by atoms with Crippen LogP contribution in [-0.4, -0.2) is 33.3 Å². The lowest BCUT2D eigenvalue weighted by Gasteiger charge is -2.02. The Morgan fingerprint density at radius 3 is 3.17 bits per heavy atom. The first kappa shape index (κ1) is 11.6. The lowest BCUT2D eigenvalue weighted by molar-refractivity contribution is 0.560. The number of benzene rings is 1. The van der Waals surface area contributed by atoms with E-state index in [2.05, 4.69) is 20.7 Å². The van der Waals surface area contributed by atoms with E-state index in [0.717, 1.165) is 31.0 Å². The van der Waals surface area contributed by atoms with E-state index < -0.39 is 0 Å². The number of halogens is 1. The second kappa shape index (κ2) is 5.04. The van der Waals surface area contributed by atoms with Crippen molar-refractivity contribution in [3.05, 3.63) is 35.1 Å². The van der Waals surface area contributed by atoms with Gasteiger partial charge in [-0.15, -0.1) is 15.0 Å². The zero-order chi connectivity index (χ0) is 12.4. The van der Waals surface area contributed by atoms with Crippen LogP contribution in [-0.2, 0) is 6.42 Å². The van der Waals surface area contributed by atoms with E-state index in [1.54, 1.807) is 0 Å². The molecule has 1 atom stereocenters. The van der Waals surface area contributed by atoms with E-state index in [1.165, 1.54) is 11.2 Å². The first-order valence-corrected chi connectivity index (χ1v) is 6.44. The molecule has 1 aromatic heterocycles. The maximum atomic E-state index is 5.94. The average molecular weight is 264 g/mol. The largest absolute Gasteiger partial charge is 0.316 e. The Labute approximate surface area is 110 Å². The highest BCUT2D eigenvalue weighted by Gasteiger charge is 2.17. The van der Waals surface area contributed by atoms with Crippen molar-refractivity contribution < 1.29 is 0 Å². The summed E-state index contributed by atoms with van der Waals surface area (Å²) in [7, 11) is 0. The third-order valence-electron chi connectivity index (χ3n) is 3.13. The van der Waals surface area contributed by atoms with Crippen LogP contribution in [0.25, 0.3) is 5.69 Å². The van der Waals surface area contributed by atoms with Gasteiger partial charge in [0.2, 0.25) is 0 Å². The predicted octanol–water partition coefficient (Wildman–Crippen LogP) is 1.47. The van der Waals surface area contributed by atoms with Gasteiger partial charge in [-0.2, -0.15) is 0 Å². The molecule has 1 fully saturated rings. The van der Waals surface area contributed by atoms with Crippen LogP contribution in [0.3, 0.4) is 0 Å². The Kier molecular flexibility index (Phi) is 3.25. The lowest BCUT2D eigenvalue weighted by atomic mass is 10.1. The van der Waals surface area contributed by atoms with Crippen molar-refractivity contribution in [2.75, 3.05) is 13.1 Å². The molecule has 0 radical (unpaired) electrons. The Bertz CT molecular complexity index is 533. The van der Waals surface area contributed by atoms with Gasteiger partial charge in [-0.25, -0.2) is 0 Å². The number of nitrogens with one attached hydrogen (secondary N) is 1. The van der Waals surface area contributed by atoms with Crippen LogP contribution < -0.4 is 5.32 Å². The molecule has 0 aliphatic carbocycles. The van der Waals surface area contributed by atoms with Gasteiger partial charge in [-0.1, -0.05) is 17.7 Å². The van der Waals surface area contributed by atoms with Crippen molar-refractivity contribution in [2.24, 2.45) is 5.92 Å². The van der Waals surface area contributed by atoms with Crippen LogP contribution in [0.1, 0.15) is 12.2 Å². The van der Waals surface area contributed by atoms with Crippen molar-refractivity contribution in [3.8, 4) is 5.69 Å². The normalized spacial score (nSPS) is 19.3. The minimum atomic E-state index is 0.627. The molecule has 1 unspecified atom stereocenters. The van der Waals surface area contributed by atoms with Crippen molar-refractivity contribution in [2.45, 2.75) is 12.8 Å². The Morgan fingerprint density at radius 2 is 2.39 bits per heavy atom. The fraction of sp³-hybridized carbons (Fsp3) is 0.417. The van der Waals surface area contributed by atoms with Crippen molar-refractivity contribution in [3.63, 3.8) is 0 Å². The topological polar surface area (TPSA) is 55.6 Å². The summed E-state index contributed by atoms with van der Waals surface area (Å²) >= 11 is 5.94. The molecule has 1 N–H and O–H groups in total. The fourth-order valence-electron chi connectivity index (χ4n) is 2.18. The molecule has 0 spiro atoms. The minimum Gasteiger partial charge on any atom is -0.316 e. The van der Waals surface area contributed by atoms with E-state index in [9.17, 15) is 0 Å². The highest BCUT2D eigenvalue weighted by atomic mass is 35.5. The number of aromatic nitrogens is 4. The quantitative estimate of drug-likeness (QED) is 0.911. The molecule has 1 aliphatic heterocycles. The first-order chi connectivity index (χ1) is 8.81. The molecule has 0 amide bonds. The molecular weight excluding hydrogens is 250 g/mol. The van der Waals surface area contributed by atoms with Gasteiger partial charge in [0.05, 0.1) is 5.69 Å². The van der Waals surface area contributed by atoms with E-state index in [4.69, 9.17) is 11.6 Å². The summed E-state index contributed by atoms with van der Waals surface area (Å²) in [6, 6.07) is 7.44. The third-order valence-corrected chi connectivity index (χ3v) is 3.36. The van der Waals surface area contributed by atoms with Gasteiger partial charge >= 0.3 is 0 Å². The number of tetrazole rings is 1. The second-order valence-electron chi connectivity index (χ2n) is 4.54. The van der Waals surface area contributed by atoms with Crippen LogP contribution in [0, 0.1) is 5.92 Å². The van der Waals surface area contributed by atoms with Crippen LogP contribution in [0.2, 0.25) is 5.02 Å². The van der Waals surface area contributed by atoms with E-state index >= 15 is 0 Å². The van der Waals surface area contributed by atoms with Gasteiger partial charge in [-0.05, 0) is 48.8 Å². The molecule has 1 saturated heterocycles. The summed E-state index contributed by atoms with van der Waals surface area (Å²) in [5.41, 5.74) is 0.839. The third kappa shape index (κ3) is 2.52. The zero-order valence-corrected chi connectivity index (χ0v) is 10.6. The number of hydrogen-bond acceptors (Lipinski definition) is 4. The van der Waals surface area contributed by atoms with E-state index in [0.29, 0.717) is 10.9 Å². The number of rotatable bonds is 3. The van der Waals surface area contributed by atoms with Gasteiger partial charge in [0, 0.05) is 11.4 Å². The summed E-state index contributed by atoms with van der Waals surface area (Å²) < 4.78 is 0. The zero-order valence-electron chi connectivity index (χ0n) is 9.88. The summed E-state index contributed by atoms with van der Waals surface area (Å²) in [5.74, 6) is 1.42. The molecule has 1 aliphatic rings. The molecule has 2 heterocycles. The molecule has 0 saturated carbocycles. The maximum absolute atomic E-state index is 5.94. The predicted molar refractivity (Wildman–Crippen MR) is 68.8 cm³/mol. The molecule has 1 aromatic carbocycles. The Balaban J connectivity index is 1.76. The molecular formula is C12H14ClN5. The summed E-state index contributed by atoms with van der Waals surface area (Å²) in [5, 5.41) is 16.6. The van der Waals surface area contributed by atoms with Gasteiger partial charge in [-0.3, -0.25) is 0 Å². The number of nitrogens with zero attached hydrogens (tertiary/aromatic N) is 4. The maximum Gasteiger partial charge on any atom is 0.175 e. The summed E-state index contributed by atoms with van der Waals surface area (Å²) in [4.78, 5) is 1.53. The average Bonchev–Trinajstić information content (AvgIpc) is 3.01. The Hall–Kier alpha value is -1.46. The van der Waals surface area contributed by atoms with Gasteiger partial charge < -0.3 is 5.32 Å². The molecule has 18 heavy (non-hydrogen) atoms. The molecule has 94 valence electrons. The van der Waals surface area contributed by atoms with E-state index in [-0.39, 0.29) is 0 Å². The standard InChI is InChI=1S/C12H14ClN5/c13-10-2-1-3-11(7-10)18-16-12(15-17-18)6-9-4-5-14-8-9/h1-3,7,9,14H,4-6,8H2. The van der Waals surface area contributed by atoms with Crippen molar-refractivity contribution in [1.29, 1.82) is 0 Å². The number of hydrogen-bond donors (Lipinski definition) is 1.